The maximum Gasteiger partial charge on any atom is 0.338 e. The molecule has 0 spiro atoms. The third kappa shape index (κ3) is 6.17. The van der Waals surface area contributed by atoms with Crippen LogP contribution < -0.4 is 15.6 Å². The molecular weight excluding hydrogens is 560 g/mol. The molecule has 5 rings (SSSR count). The van der Waals surface area contributed by atoms with E-state index in [1.54, 1.807) is 66.3 Å². The fourth-order valence-corrected chi connectivity index (χ4v) is 6.87. The molecule has 0 saturated heterocycles. The van der Waals surface area contributed by atoms with Crippen LogP contribution in [0.2, 0.25) is 0 Å². The Morgan fingerprint density at radius 3 is 2.51 bits per heavy atom. The van der Waals surface area contributed by atoms with Crippen LogP contribution in [-0.4, -0.2) is 58.4 Å². The van der Waals surface area contributed by atoms with Crippen molar-refractivity contribution in [2.75, 3.05) is 31.3 Å². The van der Waals surface area contributed by atoms with Crippen molar-refractivity contribution in [1.82, 2.24) is 14.5 Å². The topological polar surface area (TPSA) is 103 Å². The number of amides is 1. The zero-order valence-electron chi connectivity index (χ0n) is 23.4. The zero-order valence-corrected chi connectivity index (χ0v) is 25.1. The standard InChI is InChI=1S/C30H32N4O5S2/c1-5-39-29(37)19-6-8-20(9-7-19)31-25(35)17-40-30-32-27-26(23-14-15-33(18(2)3)16-24(23)41-27)28(36)34(30)21-10-12-22(38-4)13-11-21/h6-13,18H,5,14-17H2,1-4H3,(H,31,35). The Morgan fingerprint density at radius 1 is 1.12 bits per heavy atom. The third-order valence-electron chi connectivity index (χ3n) is 6.95. The number of esters is 1. The first-order chi connectivity index (χ1) is 19.8. The van der Waals surface area contributed by atoms with Crippen molar-refractivity contribution in [1.29, 1.82) is 0 Å². The van der Waals surface area contributed by atoms with E-state index in [-0.39, 0.29) is 17.2 Å². The number of carbonyl (C=O) groups is 2. The van der Waals surface area contributed by atoms with E-state index < -0.39 is 5.97 Å². The maximum absolute atomic E-state index is 14.1. The zero-order chi connectivity index (χ0) is 29.1. The smallest absolute Gasteiger partial charge is 0.338 e. The Morgan fingerprint density at radius 2 is 1.85 bits per heavy atom. The van der Waals surface area contributed by atoms with E-state index in [1.807, 2.05) is 12.1 Å². The molecular formula is C30H32N4O5S2. The predicted molar refractivity (Wildman–Crippen MR) is 163 cm³/mol. The number of carbonyl (C=O) groups excluding carboxylic acids is 2. The third-order valence-corrected chi connectivity index (χ3v) is 9.00. The summed E-state index contributed by atoms with van der Waals surface area (Å²) in [6.07, 6.45) is 0.802. The quantitative estimate of drug-likeness (QED) is 0.162. The van der Waals surface area contributed by atoms with Crippen molar-refractivity contribution in [3.63, 3.8) is 0 Å². The van der Waals surface area contributed by atoms with E-state index in [0.29, 0.717) is 50.7 Å². The lowest BCUT2D eigenvalue weighted by Crippen LogP contribution is -2.35. The molecule has 1 aliphatic heterocycles. The number of aromatic nitrogens is 2. The summed E-state index contributed by atoms with van der Waals surface area (Å²) in [5.41, 5.74) is 2.58. The largest absolute Gasteiger partial charge is 0.497 e. The Hall–Kier alpha value is -3.67. The van der Waals surface area contributed by atoms with Crippen LogP contribution in [0.4, 0.5) is 5.69 Å². The van der Waals surface area contributed by atoms with Gasteiger partial charge in [-0.15, -0.1) is 11.3 Å². The van der Waals surface area contributed by atoms with Gasteiger partial charge in [-0.3, -0.25) is 19.1 Å². The molecule has 11 heteroatoms. The molecule has 0 unspecified atom stereocenters. The number of anilines is 1. The van der Waals surface area contributed by atoms with Crippen molar-refractivity contribution >= 4 is 50.9 Å². The van der Waals surface area contributed by atoms with Gasteiger partial charge >= 0.3 is 5.97 Å². The average molecular weight is 593 g/mol. The number of hydrogen-bond donors (Lipinski definition) is 1. The van der Waals surface area contributed by atoms with Crippen molar-refractivity contribution in [2.24, 2.45) is 0 Å². The van der Waals surface area contributed by atoms with Crippen molar-refractivity contribution < 1.29 is 19.1 Å². The lowest BCUT2D eigenvalue weighted by molar-refractivity contribution is -0.113. The van der Waals surface area contributed by atoms with Gasteiger partial charge in [-0.1, -0.05) is 11.8 Å². The number of ether oxygens (including phenoxy) is 2. The lowest BCUT2D eigenvalue weighted by atomic mass is 10.0. The number of thiophene rings is 1. The molecule has 1 N–H and O–H groups in total. The molecule has 4 aromatic rings. The van der Waals surface area contributed by atoms with E-state index in [1.165, 1.54) is 16.6 Å². The van der Waals surface area contributed by atoms with Gasteiger partial charge in [-0.2, -0.15) is 0 Å². The van der Waals surface area contributed by atoms with Crippen LogP contribution in [0.3, 0.4) is 0 Å². The second kappa shape index (κ2) is 12.5. The van der Waals surface area contributed by atoms with Crippen LogP contribution in [-0.2, 0) is 22.5 Å². The summed E-state index contributed by atoms with van der Waals surface area (Å²) < 4.78 is 11.9. The molecule has 0 atom stereocenters. The average Bonchev–Trinajstić information content (AvgIpc) is 3.34. The first-order valence-electron chi connectivity index (χ1n) is 13.4. The van der Waals surface area contributed by atoms with Crippen LogP contribution in [0.15, 0.2) is 58.5 Å². The normalized spacial score (nSPS) is 13.3. The Kier molecular flexibility index (Phi) is 8.77. The number of benzene rings is 2. The van der Waals surface area contributed by atoms with Gasteiger partial charge in [-0.25, -0.2) is 9.78 Å². The number of methoxy groups -OCH3 is 1. The second-order valence-electron chi connectivity index (χ2n) is 9.87. The van der Waals surface area contributed by atoms with Gasteiger partial charge < -0.3 is 14.8 Å². The van der Waals surface area contributed by atoms with Gasteiger partial charge in [0.1, 0.15) is 10.6 Å². The molecule has 1 aliphatic rings. The van der Waals surface area contributed by atoms with E-state index in [0.717, 1.165) is 25.1 Å². The minimum absolute atomic E-state index is 0.0416. The van der Waals surface area contributed by atoms with Crippen LogP contribution in [0, 0.1) is 0 Å². The summed E-state index contributed by atoms with van der Waals surface area (Å²) in [6.45, 7) is 8.10. The first kappa shape index (κ1) is 28.8. The van der Waals surface area contributed by atoms with Crippen LogP contribution in [0.1, 0.15) is 41.6 Å². The lowest BCUT2D eigenvalue weighted by Gasteiger charge is -2.30. The van der Waals surface area contributed by atoms with Gasteiger partial charge in [0.15, 0.2) is 5.16 Å². The van der Waals surface area contributed by atoms with Crippen molar-refractivity contribution in [2.45, 2.75) is 44.9 Å². The monoisotopic (exact) mass is 592 g/mol. The molecule has 214 valence electrons. The summed E-state index contributed by atoms with van der Waals surface area (Å²) >= 11 is 2.77. The predicted octanol–water partition coefficient (Wildman–Crippen LogP) is 5.13. The highest BCUT2D eigenvalue weighted by Gasteiger charge is 2.27. The number of hydrogen-bond acceptors (Lipinski definition) is 9. The van der Waals surface area contributed by atoms with Gasteiger partial charge in [0.05, 0.1) is 36.1 Å². The fraction of sp³-hybridized carbons (Fsp3) is 0.333. The van der Waals surface area contributed by atoms with Crippen molar-refractivity contribution in [3.8, 4) is 11.4 Å². The minimum Gasteiger partial charge on any atom is -0.497 e. The van der Waals surface area contributed by atoms with Gasteiger partial charge in [-0.05, 0) is 81.3 Å². The highest BCUT2D eigenvalue weighted by molar-refractivity contribution is 7.99. The summed E-state index contributed by atoms with van der Waals surface area (Å²) in [5.74, 6) is 0.0543. The minimum atomic E-state index is -0.411. The molecule has 0 radical (unpaired) electrons. The summed E-state index contributed by atoms with van der Waals surface area (Å²) in [6, 6.07) is 14.2. The van der Waals surface area contributed by atoms with Crippen LogP contribution >= 0.6 is 23.1 Å². The molecule has 1 amide bonds. The SMILES string of the molecule is CCOC(=O)c1ccc(NC(=O)CSc2nc3sc4c(c3c(=O)n2-c2ccc(OC)cc2)CCN(C(C)C)C4)cc1. The van der Waals surface area contributed by atoms with Gasteiger partial charge in [0.2, 0.25) is 5.91 Å². The van der Waals surface area contributed by atoms with E-state index in [4.69, 9.17) is 14.5 Å². The molecule has 9 nitrogen and oxygen atoms in total. The first-order valence-corrected chi connectivity index (χ1v) is 15.2. The maximum atomic E-state index is 14.1. The molecule has 2 aromatic carbocycles. The van der Waals surface area contributed by atoms with Gasteiger partial charge in [0.25, 0.3) is 5.56 Å². The molecule has 2 aromatic heterocycles. The second-order valence-corrected chi connectivity index (χ2v) is 11.9. The van der Waals surface area contributed by atoms with Crippen LogP contribution in [0.25, 0.3) is 15.9 Å². The summed E-state index contributed by atoms with van der Waals surface area (Å²) in [7, 11) is 1.59. The summed E-state index contributed by atoms with van der Waals surface area (Å²) in [5, 5.41) is 3.96. The molecule has 0 saturated carbocycles. The van der Waals surface area contributed by atoms with E-state index >= 15 is 0 Å². The van der Waals surface area contributed by atoms with E-state index in [9.17, 15) is 14.4 Å². The molecule has 0 fully saturated rings. The van der Waals surface area contributed by atoms with E-state index in [2.05, 4.69) is 24.1 Å². The molecule has 0 bridgehead atoms. The number of nitrogens with zero attached hydrogens (tertiary/aromatic N) is 3. The Bertz CT molecular complexity index is 1630. The van der Waals surface area contributed by atoms with Gasteiger partial charge in [0, 0.05) is 29.7 Å². The molecule has 41 heavy (non-hydrogen) atoms. The number of rotatable bonds is 9. The molecule has 0 aliphatic carbocycles. The number of fused-ring (bicyclic) bond motifs is 3. The highest BCUT2D eigenvalue weighted by atomic mass is 32.2. The Labute approximate surface area is 246 Å². The number of thioether (sulfide) groups is 1. The fourth-order valence-electron chi connectivity index (χ4n) is 4.77. The Balaban J connectivity index is 1.43. The van der Waals surface area contributed by atoms with Crippen LogP contribution in [0.5, 0.6) is 5.75 Å². The molecule has 3 heterocycles. The summed E-state index contributed by atoms with van der Waals surface area (Å²) in [4.78, 5) is 48.0. The highest BCUT2D eigenvalue weighted by Crippen LogP contribution is 2.35. The number of nitrogens with one attached hydrogen (secondary N) is 1. The van der Waals surface area contributed by atoms with Crippen molar-refractivity contribution in [3.05, 3.63) is 74.9 Å².